The number of piperazine rings is 1. The molecule has 1 aliphatic rings. The van der Waals surface area contributed by atoms with Crippen molar-refractivity contribution in [3.8, 4) is 5.75 Å². The van der Waals surface area contributed by atoms with Crippen LogP contribution in [0.25, 0.3) is 0 Å². The number of halogens is 1. The summed E-state index contributed by atoms with van der Waals surface area (Å²) in [6.07, 6.45) is 0. The number of hydrogen-bond acceptors (Lipinski definition) is 3. The highest BCUT2D eigenvalue weighted by Crippen LogP contribution is 2.21. The van der Waals surface area contributed by atoms with E-state index in [9.17, 15) is 4.39 Å². The molecule has 1 fully saturated rings. The van der Waals surface area contributed by atoms with Gasteiger partial charge in [0.15, 0.2) is 11.6 Å². The molecule has 2 rings (SSSR count). The zero-order valence-corrected chi connectivity index (χ0v) is 12.8. The van der Waals surface area contributed by atoms with E-state index in [0.29, 0.717) is 23.8 Å². The molecule has 0 bridgehead atoms. The van der Waals surface area contributed by atoms with Gasteiger partial charge < -0.3 is 10.1 Å². The summed E-state index contributed by atoms with van der Waals surface area (Å²) < 4.78 is 18.7. The van der Waals surface area contributed by atoms with Crippen LogP contribution in [0.2, 0.25) is 0 Å². The molecule has 20 heavy (non-hydrogen) atoms. The van der Waals surface area contributed by atoms with E-state index in [0.717, 1.165) is 25.2 Å². The van der Waals surface area contributed by atoms with E-state index in [1.165, 1.54) is 7.11 Å². The van der Waals surface area contributed by atoms with Gasteiger partial charge in [-0.15, -0.1) is 0 Å². The second-order valence-corrected chi connectivity index (χ2v) is 6.01. The first kappa shape index (κ1) is 15.3. The normalized spacial score (nSPS) is 24.1. The van der Waals surface area contributed by atoms with E-state index in [4.69, 9.17) is 4.74 Å². The average molecular weight is 280 g/mol. The van der Waals surface area contributed by atoms with E-state index in [-0.39, 0.29) is 5.82 Å². The Morgan fingerprint density at radius 3 is 2.80 bits per heavy atom. The van der Waals surface area contributed by atoms with Crippen molar-refractivity contribution in [3.05, 3.63) is 29.6 Å². The van der Waals surface area contributed by atoms with E-state index in [1.807, 2.05) is 6.07 Å². The number of ether oxygens (including phenoxy) is 1. The lowest BCUT2D eigenvalue weighted by molar-refractivity contribution is 0.116. The van der Waals surface area contributed by atoms with Crippen LogP contribution in [-0.4, -0.2) is 37.2 Å². The van der Waals surface area contributed by atoms with Gasteiger partial charge in [-0.2, -0.15) is 0 Å². The van der Waals surface area contributed by atoms with E-state index >= 15 is 0 Å². The third-order valence-electron chi connectivity index (χ3n) is 4.14. The standard InChI is InChI=1S/C16H25FN2O/c1-11(2)15-10-19(12(3)8-18-15)9-13-5-6-16(20-4)14(17)7-13/h5-7,11-12,15,18H,8-10H2,1-4H3. The number of benzene rings is 1. The fraction of sp³-hybridized carbons (Fsp3) is 0.625. The van der Waals surface area contributed by atoms with Crippen LogP contribution in [-0.2, 0) is 6.54 Å². The maximum Gasteiger partial charge on any atom is 0.165 e. The molecule has 0 aliphatic carbocycles. The molecule has 1 aromatic carbocycles. The van der Waals surface area contributed by atoms with Crippen molar-refractivity contribution in [1.29, 1.82) is 0 Å². The number of nitrogens with one attached hydrogen (secondary N) is 1. The van der Waals surface area contributed by atoms with Gasteiger partial charge in [-0.25, -0.2) is 4.39 Å². The quantitative estimate of drug-likeness (QED) is 0.917. The van der Waals surface area contributed by atoms with Gasteiger partial charge in [-0.05, 0) is 30.5 Å². The average Bonchev–Trinajstić information content (AvgIpc) is 2.41. The fourth-order valence-electron chi connectivity index (χ4n) is 2.66. The number of methoxy groups -OCH3 is 1. The maximum absolute atomic E-state index is 13.8. The molecule has 0 spiro atoms. The Hall–Kier alpha value is -1.13. The Labute approximate surface area is 121 Å². The summed E-state index contributed by atoms with van der Waals surface area (Å²) in [5.74, 6) is 0.632. The lowest BCUT2D eigenvalue weighted by Gasteiger charge is -2.40. The Balaban J connectivity index is 2.05. The smallest absolute Gasteiger partial charge is 0.165 e. The maximum atomic E-state index is 13.8. The molecule has 0 saturated carbocycles. The first-order chi connectivity index (χ1) is 9.51. The van der Waals surface area contributed by atoms with Crippen LogP contribution >= 0.6 is 0 Å². The van der Waals surface area contributed by atoms with E-state index < -0.39 is 0 Å². The largest absolute Gasteiger partial charge is 0.494 e. The lowest BCUT2D eigenvalue weighted by atomic mass is 9.99. The molecule has 1 aliphatic heterocycles. The topological polar surface area (TPSA) is 24.5 Å². The van der Waals surface area contributed by atoms with Gasteiger partial charge in [0, 0.05) is 31.7 Å². The molecule has 2 atom stereocenters. The van der Waals surface area contributed by atoms with Crippen LogP contribution in [0.3, 0.4) is 0 Å². The van der Waals surface area contributed by atoms with Crippen molar-refractivity contribution < 1.29 is 9.13 Å². The minimum Gasteiger partial charge on any atom is -0.494 e. The molecule has 1 aromatic rings. The molecule has 0 radical (unpaired) electrons. The summed E-state index contributed by atoms with van der Waals surface area (Å²) in [6.45, 7) is 9.46. The molecular formula is C16H25FN2O. The van der Waals surface area contributed by atoms with Crippen molar-refractivity contribution in [2.45, 2.75) is 39.4 Å². The van der Waals surface area contributed by atoms with Crippen LogP contribution in [0, 0.1) is 11.7 Å². The van der Waals surface area contributed by atoms with Crippen LogP contribution < -0.4 is 10.1 Å². The van der Waals surface area contributed by atoms with Gasteiger partial charge >= 0.3 is 0 Å². The molecule has 0 aromatic heterocycles. The Morgan fingerprint density at radius 2 is 2.20 bits per heavy atom. The van der Waals surface area contributed by atoms with Crippen LogP contribution in [0.15, 0.2) is 18.2 Å². The van der Waals surface area contributed by atoms with Crippen LogP contribution in [0.5, 0.6) is 5.75 Å². The molecule has 0 amide bonds. The van der Waals surface area contributed by atoms with Crippen molar-refractivity contribution in [1.82, 2.24) is 10.2 Å². The summed E-state index contributed by atoms with van der Waals surface area (Å²) in [5.41, 5.74) is 1.000. The van der Waals surface area contributed by atoms with Crippen molar-refractivity contribution in [2.75, 3.05) is 20.2 Å². The summed E-state index contributed by atoms with van der Waals surface area (Å²) in [7, 11) is 1.49. The molecule has 1 N–H and O–H groups in total. The van der Waals surface area contributed by atoms with E-state index in [2.05, 4.69) is 31.0 Å². The van der Waals surface area contributed by atoms with Crippen molar-refractivity contribution >= 4 is 0 Å². The first-order valence-electron chi connectivity index (χ1n) is 7.31. The highest BCUT2D eigenvalue weighted by Gasteiger charge is 2.26. The number of rotatable bonds is 4. The van der Waals surface area contributed by atoms with Gasteiger partial charge in [0.25, 0.3) is 0 Å². The molecule has 1 heterocycles. The predicted octanol–water partition coefficient (Wildman–Crippen LogP) is 2.65. The predicted molar refractivity (Wildman–Crippen MR) is 79.5 cm³/mol. The second-order valence-electron chi connectivity index (χ2n) is 6.01. The van der Waals surface area contributed by atoms with Crippen LogP contribution in [0.4, 0.5) is 4.39 Å². The minimum atomic E-state index is -0.284. The highest BCUT2D eigenvalue weighted by molar-refractivity contribution is 5.29. The lowest BCUT2D eigenvalue weighted by Crippen LogP contribution is -2.56. The molecule has 112 valence electrons. The summed E-state index contributed by atoms with van der Waals surface area (Å²) in [5, 5.41) is 3.58. The molecule has 4 heteroatoms. The van der Waals surface area contributed by atoms with Gasteiger partial charge in [-0.3, -0.25) is 4.90 Å². The van der Waals surface area contributed by atoms with Crippen LogP contribution in [0.1, 0.15) is 26.3 Å². The highest BCUT2D eigenvalue weighted by atomic mass is 19.1. The summed E-state index contributed by atoms with van der Waals surface area (Å²) >= 11 is 0. The SMILES string of the molecule is COc1ccc(CN2CC(C(C)C)NCC2C)cc1F. The zero-order chi connectivity index (χ0) is 14.7. The van der Waals surface area contributed by atoms with Gasteiger partial charge in [-0.1, -0.05) is 19.9 Å². The summed E-state index contributed by atoms with van der Waals surface area (Å²) in [4.78, 5) is 2.42. The van der Waals surface area contributed by atoms with Crippen molar-refractivity contribution in [2.24, 2.45) is 5.92 Å². The number of hydrogen-bond donors (Lipinski definition) is 1. The third-order valence-corrected chi connectivity index (χ3v) is 4.14. The van der Waals surface area contributed by atoms with Gasteiger partial charge in [0.2, 0.25) is 0 Å². The molecule has 3 nitrogen and oxygen atoms in total. The van der Waals surface area contributed by atoms with Gasteiger partial charge in [0.05, 0.1) is 7.11 Å². The Kier molecular flexibility index (Phi) is 5.00. The molecule has 2 unspecified atom stereocenters. The monoisotopic (exact) mass is 280 g/mol. The van der Waals surface area contributed by atoms with Crippen molar-refractivity contribution in [3.63, 3.8) is 0 Å². The minimum absolute atomic E-state index is 0.284. The fourth-order valence-corrected chi connectivity index (χ4v) is 2.66. The third kappa shape index (κ3) is 3.49. The number of nitrogens with zero attached hydrogens (tertiary/aromatic N) is 1. The summed E-state index contributed by atoms with van der Waals surface area (Å²) in [6, 6.07) is 6.21. The first-order valence-corrected chi connectivity index (χ1v) is 7.31. The zero-order valence-electron chi connectivity index (χ0n) is 12.8. The molecule has 1 saturated heterocycles. The Bertz CT molecular complexity index is 450. The second kappa shape index (κ2) is 6.55. The Morgan fingerprint density at radius 1 is 1.45 bits per heavy atom. The van der Waals surface area contributed by atoms with Gasteiger partial charge in [0.1, 0.15) is 0 Å². The van der Waals surface area contributed by atoms with E-state index in [1.54, 1.807) is 12.1 Å². The molecular weight excluding hydrogens is 255 g/mol.